The lowest BCUT2D eigenvalue weighted by atomic mass is 10.0. The average molecular weight is 252 g/mol. The molecule has 0 saturated heterocycles. The summed E-state index contributed by atoms with van der Waals surface area (Å²) in [4.78, 5) is 3.55. The first kappa shape index (κ1) is 11.8. The second-order valence-corrected chi connectivity index (χ2v) is 5.09. The predicted octanol–water partition coefficient (Wildman–Crippen LogP) is 1.86. The molecule has 0 aliphatic heterocycles. The summed E-state index contributed by atoms with van der Waals surface area (Å²) in [5, 5.41) is 9.22. The van der Waals surface area contributed by atoms with Gasteiger partial charge >= 0.3 is 6.18 Å². The molecule has 0 amide bonds. The zero-order chi connectivity index (χ0) is 12.0. The zero-order valence-electron chi connectivity index (χ0n) is 8.29. The number of thiazole rings is 1. The van der Waals surface area contributed by atoms with Gasteiger partial charge in [-0.15, -0.1) is 11.3 Å². The Morgan fingerprint density at radius 1 is 1.56 bits per heavy atom. The molecule has 7 heteroatoms. The smallest absolute Gasteiger partial charge is 0.384 e. The van der Waals surface area contributed by atoms with Crippen molar-refractivity contribution in [3.05, 3.63) is 16.1 Å². The van der Waals surface area contributed by atoms with Crippen LogP contribution in [0.25, 0.3) is 0 Å². The highest BCUT2D eigenvalue weighted by Crippen LogP contribution is 2.43. The van der Waals surface area contributed by atoms with Gasteiger partial charge in [-0.05, 0) is 19.3 Å². The highest BCUT2D eigenvalue weighted by atomic mass is 32.1. The van der Waals surface area contributed by atoms with E-state index in [9.17, 15) is 18.3 Å². The largest absolute Gasteiger partial charge is 0.443 e. The van der Waals surface area contributed by atoms with Crippen LogP contribution < -0.4 is 5.73 Å². The van der Waals surface area contributed by atoms with Crippen molar-refractivity contribution in [1.82, 2.24) is 4.98 Å². The first-order valence-corrected chi connectivity index (χ1v) is 5.64. The molecule has 0 radical (unpaired) electrons. The summed E-state index contributed by atoms with van der Waals surface area (Å²) in [6, 6.07) is -0.151. The van der Waals surface area contributed by atoms with Crippen molar-refractivity contribution < 1.29 is 18.3 Å². The normalized spacial score (nSPS) is 30.9. The maximum atomic E-state index is 12.3. The van der Waals surface area contributed by atoms with Crippen molar-refractivity contribution in [3.8, 4) is 0 Å². The third kappa shape index (κ3) is 2.07. The topological polar surface area (TPSA) is 59.1 Å². The summed E-state index contributed by atoms with van der Waals surface area (Å²) < 4.78 is 37.0. The number of alkyl halides is 3. The van der Waals surface area contributed by atoms with E-state index in [1.807, 2.05) is 0 Å². The van der Waals surface area contributed by atoms with Crippen LogP contribution in [0.3, 0.4) is 0 Å². The lowest BCUT2D eigenvalue weighted by Crippen LogP contribution is -2.24. The fraction of sp³-hybridized carbons (Fsp3) is 0.667. The van der Waals surface area contributed by atoms with Crippen LogP contribution in [0.5, 0.6) is 0 Å². The number of hydrogen-bond acceptors (Lipinski definition) is 4. The van der Waals surface area contributed by atoms with Gasteiger partial charge in [0.15, 0.2) is 5.01 Å². The first-order valence-electron chi connectivity index (χ1n) is 4.83. The summed E-state index contributed by atoms with van der Waals surface area (Å²) in [6.07, 6.45) is -2.03. The van der Waals surface area contributed by atoms with E-state index in [0.29, 0.717) is 30.6 Å². The first-order chi connectivity index (χ1) is 7.31. The molecular weight excluding hydrogens is 241 g/mol. The summed E-state index contributed by atoms with van der Waals surface area (Å²) >= 11 is 0.496. The molecule has 2 rings (SSSR count). The van der Waals surface area contributed by atoms with Gasteiger partial charge in [0.1, 0.15) is 5.60 Å². The van der Waals surface area contributed by atoms with E-state index in [1.165, 1.54) is 0 Å². The molecule has 3 N–H and O–H groups in total. The lowest BCUT2D eigenvalue weighted by molar-refractivity contribution is -0.137. The van der Waals surface area contributed by atoms with Gasteiger partial charge in [-0.1, -0.05) is 0 Å². The summed E-state index contributed by atoms with van der Waals surface area (Å²) in [7, 11) is 0. The molecule has 16 heavy (non-hydrogen) atoms. The van der Waals surface area contributed by atoms with Gasteiger partial charge in [-0.3, -0.25) is 0 Å². The number of aromatic nitrogens is 1. The van der Waals surface area contributed by atoms with Crippen molar-refractivity contribution >= 4 is 11.3 Å². The van der Waals surface area contributed by atoms with Crippen molar-refractivity contribution in [2.24, 2.45) is 5.73 Å². The van der Waals surface area contributed by atoms with Crippen LogP contribution in [0.15, 0.2) is 6.20 Å². The van der Waals surface area contributed by atoms with Gasteiger partial charge in [-0.25, -0.2) is 4.98 Å². The standard InChI is InChI=1S/C9H11F3N2OS/c10-9(11,12)7-14-4-6(16-7)8(15)2-1-5(13)3-8/h4-5,15H,1-3,13H2. The molecule has 1 aromatic heterocycles. The quantitative estimate of drug-likeness (QED) is 0.802. The van der Waals surface area contributed by atoms with Crippen LogP contribution in [-0.2, 0) is 11.8 Å². The Balaban J connectivity index is 2.25. The number of nitrogens with two attached hydrogens (primary N) is 1. The number of hydrogen-bond donors (Lipinski definition) is 2. The minimum atomic E-state index is -4.44. The third-order valence-corrected chi connectivity index (χ3v) is 3.97. The molecule has 1 aromatic rings. The molecule has 0 aromatic carbocycles. The Hall–Kier alpha value is -0.660. The van der Waals surface area contributed by atoms with Gasteiger partial charge in [0.2, 0.25) is 0 Å². The van der Waals surface area contributed by atoms with Crippen molar-refractivity contribution in [2.75, 3.05) is 0 Å². The second kappa shape index (κ2) is 3.68. The average Bonchev–Trinajstić information content (AvgIpc) is 2.71. The minimum Gasteiger partial charge on any atom is -0.384 e. The van der Waals surface area contributed by atoms with Gasteiger partial charge < -0.3 is 10.8 Å². The number of nitrogens with zero attached hydrogens (tertiary/aromatic N) is 1. The Bertz CT molecular complexity index is 392. The third-order valence-electron chi connectivity index (χ3n) is 2.74. The molecule has 2 atom stereocenters. The second-order valence-electron chi connectivity index (χ2n) is 4.06. The molecule has 90 valence electrons. The molecule has 1 fully saturated rings. The SMILES string of the molecule is NC1CCC(O)(c2cnc(C(F)(F)F)s2)C1. The number of rotatable bonds is 1. The molecule has 1 heterocycles. The summed E-state index contributed by atoms with van der Waals surface area (Å²) in [5.74, 6) is 0. The molecule has 2 unspecified atom stereocenters. The van der Waals surface area contributed by atoms with Crippen molar-refractivity contribution in [3.63, 3.8) is 0 Å². The maximum Gasteiger partial charge on any atom is 0.443 e. The Morgan fingerprint density at radius 3 is 2.69 bits per heavy atom. The van der Waals surface area contributed by atoms with Crippen molar-refractivity contribution in [2.45, 2.75) is 37.1 Å². The predicted molar refractivity (Wildman–Crippen MR) is 52.8 cm³/mol. The molecule has 0 bridgehead atoms. The van der Waals surface area contributed by atoms with Gasteiger partial charge in [0, 0.05) is 12.2 Å². The highest BCUT2D eigenvalue weighted by Gasteiger charge is 2.42. The minimum absolute atomic E-state index is 0.151. The number of halogens is 3. The van der Waals surface area contributed by atoms with E-state index >= 15 is 0 Å². The van der Waals surface area contributed by atoms with Crippen molar-refractivity contribution in [1.29, 1.82) is 0 Å². The molecule has 3 nitrogen and oxygen atoms in total. The van der Waals surface area contributed by atoms with Crippen LogP contribution in [0.1, 0.15) is 29.1 Å². The van der Waals surface area contributed by atoms with E-state index in [2.05, 4.69) is 4.98 Å². The van der Waals surface area contributed by atoms with E-state index in [1.54, 1.807) is 0 Å². The Kier molecular flexibility index (Phi) is 2.72. The van der Waals surface area contributed by atoms with Crippen LogP contribution in [-0.4, -0.2) is 16.1 Å². The van der Waals surface area contributed by atoms with Gasteiger partial charge in [0.25, 0.3) is 0 Å². The van der Waals surface area contributed by atoms with E-state index in [-0.39, 0.29) is 10.9 Å². The molecule has 1 aliphatic rings. The van der Waals surface area contributed by atoms with E-state index in [4.69, 9.17) is 5.73 Å². The summed E-state index contributed by atoms with van der Waals surface area (Å²) in [5.41, 5.74) is 4.42. The molecular formula is C9H11F3N2OS. The number of aliphatic hydroxyl groups is 1. The summed E-state index contributed by atoms with van der Waals surface area (Å²) in [6.45, 7) is 0. The van der Waals surface area contributed by atoms with Crippen LogP contribution in [0.4, 0.5) is 13.2 Å². The van der Waals surface area contributed by atoms with E-state index < -0.39 is 16.8 Å². The van der Waals surface area contributed by atoms with Gasteiger partial charge in [-0.2, -0.15) is 13.2 Å². The molecule has 1 saturated carbocycles. The fourth-order valence-electron chi connectivity index (χ4n) is 1.91. The monoisotopic (exact) mass is 252 g/mol. The highest BCUT2D eigenvalue weighted by molar-refractivity contribution is 7.11. The Labute approximate surface area is 94.1 Å². The lowest BCUT2D eigenvalue weighted by Gasteiger charge is -2.19. The maximum absolute atomic E-state index is 12.3. The van der Waals surface area contributed by atoms with Crippen LogP contribution >= 0.6 is 11.3 Å². The zero-order valence-corrected chi connectivity index (χ0v) is 9.11. The molecule has 1 aliphatic carbocycles. The Morgan fingerprint density at radius 2 is 2.25 bits per heavy atom. The molecule has 0 spiro atoms. The van der Waals surface area contributed by atoms with Gasteiger partial charge in [0.05, 0.1) is 4.88 Å². The van der Waals surface area contributed by atoms with E-state index in [0.717, 1.165) is 6.20 Å². The van der Waals surface area contributed by atoms with Crippen LogP contribution in [0, 0.1) is 0 Å². The van der Waals surface area contributed by atoms with Crippen LogP contribution in [0.2, 0.25) is 0 Å². The fourth-order valence-corrected chi connectivity index (χ4v) is 2.82.